The summed E-state index contributed by atoms with van der Waals surface area (Å²) in [6.07, 6.45) is 1.56. The van der Waals surface area contributed by atoms with Gasteiger partial charge < -0.3 is 9.64 Å². The summed E-state index contributed by atoms with van der Waals surface area (Å²) >= 11 is 0. The van der Waals surface area contributed by atoms with Crippen molar-refractivity contribution in [2.45, 2.75) is 26.7 Å². The number of nitro groups is 1. The first-order valence-corrected chi connectivity index (χ1v) is 6.77. The molecule has 0 radical (unpaired) electrons. The predicted molar refractivity (Wildman–Crippen MR) is 77.2 cm³/mol. The molecular formula is C14H19FN2O4. The van der Waals surface area contributed by atoms with Gasteiger partial charge in [-0.05, 0) is 18.9 Å². The fraction of sp³-hybridized carbons (Fsp3) is 0.500. The third kappa shape index (κ3) is 3.90. The van der Waals surface area contributed by atoms with E-state index < -0.39 is 16.7 Å². The highest BCUT2D eigenvalue weighted by Gasteiger charge is 2.25. The lowest BCUT2D eigenvalue weighted by Gasteiger charge is -2.24. The normalized spacial score (nSPS) is 10.3. The molecule has 0 fully saturated rings. The Labute approximate surface area is 122 Å². The van der Waals surface area contributed by atoms with Crippen LogP contribution in [0.4, 0.5) is 15.8 Å². The van der Waals surface area contributed by atoms with E-state index in [1.807, 2.05) is 13.8 Å². The zero-order chi connectivity index (χ0) is 16.0. The molecule has 116 valence electrons. The second-order valence-corrected chi connectivity index (χ2v) is 4.56. The zero-order valence-corrected chi connectivity index (χ0v) is 12.4. The minimum Gasteiger partial charge on any atom is -0.465 e. The quantitative estimate of drug-likeness (QED) is 0.439. The molecule has 0 aromatic heterocycles. The van der Waals surface area contributed by atoms with E-state index in [-0.39, 0.29) is 16.9 Å². The van der Waals surface area contributed by atoms with Gasteiger partial charge in [-0.15, -0.1) is 0 Å². The van der Waals surface area contributed by atoms with Crippen LogP contribution < -0.4 is 4.90 Å². The number of rotatable bonds is 7. The minimum atomic E-state index is -0.953. The van der Waals surface area contributed by atoms with Crippen molar-refractivity contribution in [1.29, 1.82) is 0 Å². The Morgan fingerprint density at radius 2 is 1.90 bits per heavy atom. The molecule has 0 amide bonds. The van der Waals surface area contributed by atoms with E-state index in [1.165, 1.54) is 6.07 Å². The second-order valence-electron chi connectivity index (χ2n) is 4.56. The van der Waals surface area contributed by atoms with E-state index in [0.717, 1.165) is 26.0 Å². The lowest BCUT2D eigenvalue weighted by Crippen LogP contribution is -2.26. The number of anilines is 1. The van der Waals surface area contributed by atoms with Crippen molar-refractivity contribution in [3.05, 3.63) is 33.6 Å². The molecule has 1 rings (SSSR count). The largest absolute Gasteiger partial charge is 0.465 e. The van der Waals surface area contributed by atoms with E-state index in [2.05, 4.69) is 4.74 Å². The van der Waals surface area contributed by atoms with Crippen LogP contribution in [0.1, 0.15) is 37.0 Å². The number of esters is 1. The first-order valence-electron chi connectivity index (χ1n) is 6.77. The highest BCUT2D eigenvalue weighted by Crippen LogP contribution is 2.31. The molecule has 0 bridgehead atoms. The Kier molecular flexibility index (Phi) is 6.08. The van der Waals surface area contributed by atoms with Crippen LogP contribution in [0.5, 0.6) is 0 Å². The van der Waals surface area contributed by atoms with Crippen molar-refractivity contribution in [3.63, 3.8) is 0 Å². The van der Waals surface area contributed by atoms with Crippen LogP contribution in [0.25, 0.3) is 0 Å². The molecule has 0 spiro atoms. The van der Waals surface area contributed by atoms with Crippen LogP contribution in [0, 0.1) is 15.9 Å². The monoisotopic (exact) mass is 298 g/mol. The Morgan fingerprint density at radius 1 is 1.33 bits per heavy atom. The number of hydrogen-bond acceptors (Lipinski definition) is 5. The number of carbonyl (C=O) groups excluding carboxylic acids is 1. The fourth-order valence-corrected chi connectivity index (χ4v) is 2.11. The Morgan fingerprint density at radius 3 is 2.33 bits per heavy atom. The van der Waals surface area contributed by atoms with Gasteiger partial charge in [0.1, 0.15) is 11.5 Å². The van der Waals surface area contributed by atoms with Crippen molar-refractivity contribution >= 4 is 17.3 Å². The zero-order valence-electron chi connectivity index (χ0n) is 12.4. The smallest absolute Gasteiger partial charge is 0.340 e. The Balaban J connectivity index is 3.43. The van der Waals surface area contributed by atoms with Crippen molar-refractivity contribution in [1.82, 2.24) is 0 Å². The molecule has 0 saturated carbocycles. The van der Waals surface area contributed by atoms with Crippen LogP contribution in [-0.4, -0.2) is 31.1 Å². The summed E-state index contributed by atoms with van der Waals surface area (Å²) in [5, 5.41) is 11.1. The van der Waals surface area contributed by atoms with E-state index in [9.17, 15) is 19.3 Å². The molecule has 0 aliphatic carbocycles. The lowest BCUT2D eigenvalue weighted by molar-refractivity contribution is -0.384. The number of hydrogen-bond donors (Lipinski definition) is 0. The third-order valence-corrected chi connectivity index (χ3v) is 2.99. The van der Waals surface area contributed by atoms with Gasteiger partial charge in [0, 0.05) is 13.1 Å². The van der Waals surface area contributed by atoms with E-state index in [4.69, 9.17) is 0 Å². The molecule has 0 N–H and O–H groups in total. The summed E-state index contributed by atoms with van der Waals surface area (Å²) in [6.45, 7) is 5.06. The summed E-state index contributed by atoms with van der Waals surface area (Å²) in [7, 11) is 1.14. The maximum absolute atomic E-state index is 13.8. The summed E-state index contributed by atoms with van der Waals surface area (Å²) < 4.78 is 18.3. The average Bonchev–Trinajstić information content (AvgIpc) is 2.46. The molecule has 7 heteroatoms. The van der Waals surface area contributed by atoms with Gasteiger partial charge >= 0.3 is 5.97 Å². The van der Waals surface area contributed by atoms with Crippen LogP contribution in [-0.2, 0) is 4.74 Å². The van der Waals surface area contributed by atoms with Gasteiger partial charge in [-0.25, -0.2) is 9.18 Å². The number of carbonyl (C=O) groups is 1. The number of halogens is 1. The van der Waals surface area contributed by atoms with Crippen LogP contribution in [0.2, 0.25) is 0 Å². The predicted octanol–water partition coefficient (Wildman–Crippen LogP) is 3.15. The number of nitrogens with zero attached hydrogens (tertiary/aromatic N) is 2. The van der Waals surface area contributed by atoms with Crippen LogP contribution in [0.15, 0.2) is 12.1 Å². The fourth-order valence-electron chi connectivity index (χ4n) is 2.11. The van der Waals surface area contributed by atoms with Gasteiger partial charge in [-0.1, -0.05) is 13.8 Å². The van der Waals surface area contributed by atoms with E-state index in [0.29, 0.717) is 13.1 Å². The topological polar surface area (TPSA) is 72.7 Å². The van der Waals surface area contributed by atoms with Crippen molar-refractivity contribution in [3.8, 4) is 0 Å². The van der Waals surface area contributed by atoms with Gasteiger partial charge in [0.25, 0.3) is 5.69 Å². The summed E-state index contributed by atoms with van der Waals surface area (Å²) in [5.74, 6) is -1.80. The molecule has 6 nitrogen and oxygen atoms in total. The molecule has 0 aliphatic rings. The molecule has 1 aromatic rings. The average molecular weight is 298 g/mol. The number of nitro benzene ring substituents is 1. The molecule has 0 unspecified atom stereocenters. The second kappa shape index (κ2) is 7.56. The van der Waals surface area contributed by atoms with Gasteiger partial charge in [-0.3, -0.25) is 10.1 Å². The molecule has 0 heterocycles. The first kappa shape index (κ1) is 16.9. The van der Waals surface area contributed by atoms with Crippen molar-refractivity contribution in [2.75, 3.05) is 25.1 Å². The van der Waals surface area contributed by atoms with Gasteiger partial charge in [0.05, 0.1) is 23.7 Å². The van der Waals surface area contributed by atoms with E-state index in [1.54, 1.807) is 4.90 Å². The minimum absolute atomic E-state index is 0.241. The number of ether oxygens (including phenoxy) is 1. The molecule has 0 atom stereocenters. The summed E-state index contributed by atoms with van der Waals surface area (Å²) in [5.41, 5.74) is -0.400. The lowest BCUT2D eigenvalue weighted by atomic mass is 10.1. The summed E-state index contributed by atoms with van der Waals surface area (Å²) in [4.78, 5) is 23.8. The summed E-state index contributed by atoms with van der Waals surface area (Å²) in [6, 6.07) is 1.98. The highest BCUT2D eigenvalue weighted by atomic mass is 19.1. The standard InChI is InChI=1S/C14H19FN2O4/c1-4-6-16(7-5-2)12-8-10(14(18)21-3)11(15)9-13(12)17(19)20/h8-9H,4-7H2,1-3H3. The van der Waals surface area contributed by atoms with Gasteiger partial charge in [0.15, 0.2) is 0 Å². The highest BCUT2D eigenvalue weighted by molar-refractivity contribution is 5.92. The van der Waals surface area contributed by atoms with E-state index >= 15 is 0 Å². The Hall–Kier alpha value is -2.18. The molecular weight excluding hydrogens is 279 g/mol. The molecule has 0 saturated heterocycles. The number of methoxy groups -OCH3 is 1. The van der Waals surface area contributed by atoms with Crippen molar-refractivity contribution < 1.29 is 18.8 Å². The van der Waals surface area contributed by atoms with Crippen LogP contribution in [0.3, 0.4) is 0 Å². The van der Waals surface area contributed by atoms with Gasteiger partial charge in [-0.2, -0.15) is 0 Å². The first-order chi connectivity index (χ1) is 9.96. The molecule has 21 heavy (non-hydrogen) atoms. The maximum atomic E-state index is 13.8. The number of benzene rings is 1. The van der Waals surface area contributed by atoms with Gasteiger partial charge in [0.2, 0.25) is 0 Å². The maximum Gasteiger partial charge on any atom is 0.340 e. The third-order valence-electron chi connectivity index (χ3n) is 2.99. The SMILES string of the molecule is CCCN(CCC)c1cc(C(=O)OC)c(F)cc1[N+](=O)[O-]. The molecule has 1 aromatic carbocycles. The van der Waals surface area contributed by atoms with Crippen LogP contribution >= 0.6 is 0 Å². The Bertz CT molecular complexity index is 528. The molecule has 0 aliphatic heterocycles. The van der Waals surface area contributed by atoms with Crippen molar-refractivity contribution in [2.24, 2.45) is 0 Å².